The quantitative estimate of drug-likeness (QED) is 0.303. The fourth-order valence-corrected chi connectivity index (χ4v) is 5.05. The van der Waals surface area contributed by atoms with Gasteiger partial charge in [0, 0.05) is 30.1 Å². The van der Waals surface area contributed by atoms with Gasteiger partial charge in [0.05, 0.1) is 5.60 Å². The van der Waals surface area contributed by atoms with Gasteiger partial charge in [-0.2, -0.15) is 0 Å². The average Bonchev–Trinajstić information content (AvgIpc) is 2.69. The zero-order chi connectivity index (χ0) is 25.8. The second-order valence-electron chi connectivity index (χ2n) is 12.4. The van der Waals surface area contributed by atoms with E-state index < -0.39 is 5.60 Å². The maximum absolute atomic E-state index is 12.7. The second kappa shape index (κ2) is 11.0. The number of hydrogen-bond donors (Lipinski definition) is 1. The predicted octanol–water partition coefficient (Wildman–Crippen LogP) is 6.63. The predicted molar refractivity (Wildman–Crippen MR) is 137 cm³/mol. The van der Waals surface area contributed by atoms with Gasteiger partial charge >= 0.3 is 6.09 Å². The summed E-state index contributed by atoms with van der Waals surface area (Å²) in [5, 5.41) is 3.14. The zero-order valence-electron chi connectivity index (χ0n) is 23.2. The second-order valence-corrected chi connectivity index (χ2v) is 12.4. The fraction of sp³-hybridized carbons (Fsp3) is 0.750. The number of likely N-dealkylation sites (tertiary alicyclic amines) is 1. The van der Waals surface area contributed by atoms with Crippen molar-refractivity contribution in [2.45, 2.75) is 136 Å². The Morgan fingerprint density at radius 3 is 2.09 bits per heavy atom. The van der Waals surface area contributed by atoms with Gasteiger partial charge in [-0.3, -0.25) is 4.90 Å². The Labute approximate surface area is 207 Å². The van der Waals surface area contributed by atoms with Gasteiger partial charge in [-0.1, -0.05) is 37.3 Å². The molecule has 1 atom stereocenters. The van der Waals surface area contributed by atoms with E-state index in [0.29, 0.717) is 6.42 Å². The number of ether oxygens (including phenoxy) is 1. The van der Waals surface area contributed by atoms with Gasteiger partial charge in [0.2, 0.25) is 0 Å². The molecule has 1 fully saturated rings. The third kappa shape index (κ3) is 8.54. The summed E-state index contributed by atoms with van der Waals surface area (Å²) in [5.74, 6) is 0. The largest absolute Gasteiger partial charge is 0.446 e. The first-order chi connectivity index (χ1) is 15.6. The number of piperidine rings is 1. The van der Waals surface area contributed by atoms with E-state index in [0.717, 1.165) is 25.8 Å². The molecule has 1 aromatic carbocycles. The number of carbonyl (C=O) groups excluding carboxylic acids is 1. The lowest BCUT2D eigenvalue weighted by molar-refractivity contribution is -0.403. The van der Waals surface area contributed by atoms with Crippen molar-refractivity contribution >= 4 is 6.09 Å². The minimum atomic E-state index is -0.571. The number of carbonyl (C=O) groups is 1. The zero-order valence-corrected chi connectivity index (χ0v) is 23.2. The lowest BCUT2D eigenvalue weighted by Gasteiger charge is -2.55. The van der Waals surface area contributed by atoms with Crippen LogP contribution in [0.15, 0.2) is 30.3 Å². The third-order valence-corrected chi connectivity index (χ3v) is 6.89. The molecule has 0 aromatic heterocycles. The molecule has 0 saturated carbocycles. The van der Waals surface area contributed by atoms with E-state index in [-0.39, 0.29) is 34.9 Å². The van der Waals surface area contributed by atoms with Crippen LogP contribution >= 0.6 is 0 Å². The number of benzene rings is 1. The molecule has 1 heterocycles. The third-order valence-electron chi connectivity index (χ3n) is 6.89. The van der Waals surface area contributed by atoms with Crippen molar-refractivity contribution < 1.29 is 19.3 Å². The van der Waals surface area contributed by atoms with Gasteiger partial charge in [0.25, 0.3) is 0 Å². The Kier molecular flexibility index (Phi) is 9.22. The van der Waals surface area contributed by atoms with Crippen LogP contribution in [0.5, 0.6) is 0 Å². The first-order valence-electron chi connectivity index (χ1n) is 12.7. The molecular formula is C28H48N2O4. The van der Waals surface area contributed by atoms with E-state index in [1.165, 1.54) is 5.56 Å². The Bertz CT molecular complexity index is 771. The highest BCUT2D eigenvalue weighted by molar-refractivity contribution is 5.67. The van der Waals surface area contributed by atoms with E-state index in [2.05, 4.69) is 75.2 Å². The molecule has 1 aliphatic rings. The van der Waals surface area contributed by atoms with E-state index in [1.807, 2.05) is 34.6 Å². The lowest BCUT2D eigenvalue weighted by atomic mass is 9.76. The maximum Gasteiger partial charge on any atom is 0.407 e. The van der Waals surface area contributed by atoms with E-state index in [9.17, 15) is 4.79 Å². The smallest absolute Gasteiger partial charge is 0.407 e. The molecule has 0 radical (unpaired) electrons. The Hall–Kier alpha value is -1.63. The summed E-state index contributed by atoms with van der Waals surface area (Å²) in [6.07, 6.45) is 2.43. The SMILES string of the molecule is CCC(C)(C)OOC(C)(C)CC(C)OC(=O)NC1CC(C)(C)N(Cc2ccccc2)C(C)(C)C1. The highest BCUT2D eigenvalue weighted by atomic mass is 17.2. The first kappa shape index (κ1) is 28.6. The Balaban J connectivity index is 1.91. The topological polar surface area (TPSA) is 60.0 Å². The molecule has 6 nitrogen and oxygen atoms in total. The summed E-state index contributed by atoms with van der Waals surface area (Å²) in [5.41, 5.74) is 0.243. The lowest BCUT2D eigenvalue weighted by Crippen LogP contribution is -2.63. The number of rotatable bonds is 10. The van der Waals surface area contributed by atoms with Crippen molar-refractivity contribution in [2.24, 2.45) is 0 Å². The van der Waals surface area contributed by atoms with Crippen molar-refractivity contribution in [2.75, 3.05) is 0 Å². The van der Waals surface area contributed by atoms with Crippen LogP contribution in [-0.2, 0) is 21.1 Å². The molecule has 1 saturated heterocycles. The summed E-state index contributed by atoms with van der Waals surface area (Å²) >= 11 is 0. The van der Waals surface area contributed by atoms with Gasteiger partial charge in [-0.05, 0) is 87.1 Å². The van der Waals surface area contributed by atoms with Gasteiger partial charge in [0.15, 0.2) is 0 Å². The van der Waals surface area contributed by atoms with Gasteiger partial charge in [-0.25, -0.2) is 14.6 Å². The van der Waals surface area contributed by atoms with Crippen LogP contribution in [-0.4, -0.2) is 45.4 Å². The van der Waals surface area contributed by atoms with Crippen LogP contribution < -0.4 is 5.32 Å². The fourth-order valence-electron chi connectivity index (χ4n) is 5.05. The van der Waals surface area contributed by atoms with Crippen molar-refractivity contribution in [3.8, 4) is 0 Å². The summed E-state index contributed by atoms with van der Waals surface area (Å²) < 4.78 is 5.71. The number of hydrogen-bond acceptors (Lipinski definition) is 5. The van der Waals surface area contributed by atoms with Crippen LogP contribution in [0, 0.1) is 0 Å². The van der Waals surface area contributed by atoms with Gasteiger partial charge in [-0.15, -0.1) is 0 Å². The minimum Gasteiger partial charge on any atom is -0.446 e. The van der Waals surface area contributed by atoms with Gasteiger partial charge < -0.3 is 10.1 Å². The summed E-state index contributed by atoms with van der Waals surface area (Å²) in [6.45, 7) is 21.8. The molecular weight excluding hydrogens is 428 g/mol. The molecule has 0 spiro atoms. The van der Waals surface area contributed by atoms with Crippen molar-refractivity contribution in [3.05, 3.63) is 35.9 Å². The number of nitrogens with zero attached hydrogens (tertiary/aromatic N) is 1. The molecule has 194 valence electrons. The molecule has 1 amide bonds. The number of nitrogens with one attached hydrogen (secondary N) is 1. The van der Waals surface area contributed by atoms with Crippen molar-refractivity contribution in [1.29, 1.82) is 0 Å². The first-order valence-corrected chi connectivity index (χ1v) is 12.7. The highest BCUT2D eigenvalue weighted by Gasteiger charge is 2.45. The molecule has 1 unspecified atom stereocenters. The molecule has 1 N–H and O–H groups in total. The number of alkyl carbamates (subject to hydrolysis) is 1. The molecule has 34 heavy (non-hydrogen) atoms. The average molecular weight is 477 g/mol. The molecule has 6 heteroatoms. The Morgan fingerprint density at radius 2 is 1.56 bits per heavy atom. The van der Waals surface area contributed by atoms with Crippen molar-refractivity contribution in [1.82, 2.24) is 10.2 Å². The van der Waals surface area contributed by atoms with E-state index >= 15 is 0 Å². The summed E-state index contributed by atoms with van der Waals surface area (Å²) in [7, 11) is 0. The number of amides is 1. The van der Waals surface area contributed by atoms with E-state index in [4.69, 9.17) is 14.5 Å². The summed E-state index contributed by atoms with van der Waals surface area (Å²) in [6, 6.07) is 10.6. The maximum atomic E-state index is 12.7. The van der Waals surface area contributed by atoms with Gasteiger partial charge in [0.1, 0.15) is 11.7 Å². The highest BCUT2D eigenvalue weighted by Crippen LogP contribution is 2.39. The molecule has 1 aliphatic heterocycles. The molecule has 0 bridgehead atoms. The minimum absolute atomic E-state index is 0.0506. The van der Waals surface area contributed by atoms with Crippen LogP contribution in [0.4, 0.5) is 4.79 Å². The monoisotopic (exact) mass is 476 g/mol. The van der Waals surface area contributed by atoms with Crippen molar-refractivity contribution in [3.63, 3.8) is 0 Å². The van der Waals surface area contributed by atoms with E-state index in [1.54, 1.807) is 0 Å². The molecule has 2 rings (SSSR count). The van der Waals surface area contributed by atoms with Crippen LogP contribution in [0.1, 0.15) is 100 Å². The van der Waals surface area contributed by atoms with Crippen LogP contribution in [0.3, 0.4) is 0 Å². The summed E-state index contributed by atoms with van der Waals surface area (Å²) in [4.78, 5) is 26.6. The molecule has 0 aliphatic carbocycles. The standard InChI is InChI=1S/C28H48N2O4/c1-11-27(7,8)33-34-28(9,10)17-21(2)32-24(31)29-23-18-25(3,4)30(26(5,6)19-23)20-22-15-13-12-14-16-22/h12-16,21,23H,11,17-20H2,1-10H3,(H,29,31). The van der Waals surface area contributed by atoms with Crippen LogP contribution in [0.25, 0.3) is 0 Å². The Morgan fingerprint density at radius 1 is 1.03 bits per heavy atom. The van der Waals surface area contributed by atoms with Crippen LogP contribution in [0.2, 0.25) is 0 Å². The molecule has 1 aromatic rings. The normalized spacial score (nSPS) is 20.1.